The monoisotopic (exact) mass is 535 g/mol. The Labute approximate surface area is 235 Å². The number of aryl methyl sites for hydroxylation is 2. The summed E-state index contributed by atoms with van der Waals surface area (Å²) in [4.78, 5) is 2.64. The lowest BCUT2D eigenvalue weighted by Gasteiger charge is -2.13. The molecule has 1 nitrogen and oxygen atoms in total. The van der Waals surface area contributed by atoms with Gasteiger partial charge in [-0.05, 0) is 66.4 Å². The smallest absolute Gasteiger partial charge is 0.110 e. The molecule has 3 aromatic heterocycles. The molecule has 0 saturated heterocycles. The average molecular weight is 536 g/mol. The van der Waals surface area contributed by atoms with E-state index in [-0.39, 0.29) is 0 Å². The first-order valence-corrected chi connectivity index (χ1v) is 14.9. The Hall–Kier alpha value is -4.18. The SMILES string of the molecule is Cc1ccc(-c2cc(-c3ccc(C)cc3)cc(-n3c4sc5ccccc5c4c4c5ccccc5sc43)c2)cc1. The van der Waals surface area contributed by atoms with Gasteiger partial charge in [0.2, 0.25) is 0 Å². The first-order chi connectivity index (χ1) is 19.1. The molecule has 0 radical (unpaired) electrons. The summed E-state index contributed by atoms with van der Waals surface area (Å²) in [5, 5.41) is 5.44. The Bertz CT molecular complexity index is 2020. The molecule has 5 aromatic carbocycles. The molecule has 186 valence electrons. The van der Waals surface area contributed by atoms with Crippen LogP contribution in [0.4, 0.5) is 0 Å². The Morgan fingerprint density at radius 2 is 0.897 bits per heavy atom. The van der Waals surface area contributed by atoms with Crippen LogP contribution in [0.5, 0.6) is 0 Å². The fourth-order valence-electron chi connectivity index (χ4n) is 5.76. The number of benzene rings is 5. The van der Waals surface area contributed by atoms with Crippen molar-refractivity contribution in [3.8, 4) is 27.9 Å². The van der Waals surface area contributed by atoms with Gasteiger partial charge in [0, 0.05) is 36.6 Å². The summed E-state index contributed by atoms with van der Waals surface area (Å²) in [6, 6.07) is 42.6. The lowest BCUT2D eigenvalue weighted by atomic mass is 9.97. The first-order valence-electron chi connectivity index (χ1n) is 13.3. The van der Waals surface area contributed by atoms with Crippen LogP contribution in [0.25, 0.3) is 68.5 Å². The number of hydrogen-bond acceptors (Lipinski definition) is 2. The van der Waals surface area contributed by atoms with Crippen molar-refractivity contribution in [1.82, 2.24) is 4.57 Å². The van der Waals surface area contributed by atoms with Crippen molar-refractivity contribution in [2.24, 2.45) is 0 Å². The molecule has 0 N–H and O–H groups in total. The molecule has 0 amide bonds. The van der Waals surface area contributed by atoms with Gasteiger partial charge < -0.3 is 0 Å². The van der Waals surface area contributed by atoms with Gasteiger partial charge in [0.1, 0.15) is 9.66 Å². The molecule has 39 heavy (non-hydrogen) atoms. The van der Waals surface area contributed by atoms with Crippen molar-refractivity contribution < 1.29 is 0 Å². The van der Waals surface area contributed by atoms with E-state index in [0.29, 0.717) is 0 Å². The molecule has 8 aromatic rings. The van der Waals surface area contributed by atoms with Crippen LogP contribution < -0.4 is 0 Å². The van der Waals surface area contributed by atoms with Gasteiger partial charge in [-0.2, -0.15) is 0 Å². The lowest BCUT2D eigenvalue weighted by Crippen LogP contribution is -1.94. The summed E-state index contributed by atoms with van der Waals surface area (Å²) in [6.07, 6.45) is 0. The van der Waals surface area contributed by atoms with Crippen LogP contribution in [0.15, 0.2) is 115 Å². The molecule has 0 aliphatic heterocycles. The van der Waals surface area contributed by atoms with Gasteiger partial charge in [-0.3, -0.25) is 4.57 Å². The fraction of sp³-hybridized carbons (Fsp3) is 0.0556. The van der Waals surface area contributed by atoms with E-state index in [0.717, 1.165) is 0 Å². The fourth-order valence-corrected chi connectivity index (χ4v) is 8.29. The zero-order valence-electron chi connectivity index (χ0n) is 21.7. The van der Waals surface area contributed by atoms with Crippen LogP contribution in [0.2, 0.25) is 0 Å². The van der Waals surface area contributed by atoms with E-state index in [1.54, 1.807) is 0 Å². The quantitative estimate of drug-likeness (QED) is 0.212. The van der Waals surface area contributed by atoms with E-state index in [1.807, 2.05) is 22.7 Å². The first kappa shape index (κ1) is 22.8. The molecule has 3 heteroatoms. The molecular weight excluding hydrogens is 511 g/mol. The van der Waals surface area contributed by atoms with E-state index in [2.05, 4.69) is 134 Å². The summed E-state index contributed by atoms with van der Waals surface area (Å²) in [7, 11) is 0. The van der Waals surface area contributed by atoms with E-state index in [1.165, 1.54) is 79.7 Å². The third kappa shape index (κ3) is 3.58. The van der Waals surface area contributed by atoms with E-state index >= 15 is 0 Å². The molecular formula is C36H25NS2. The molecule has 0 aliphatic carbocycles. The highest BCUT2D eigenvalue weighted by molar-refractivity contribution is 7.28. The maximum atomic E-state index is 2.52. The third-order valence-corrected chi connectivity index (χ3v) is 10.1. The summed E-state index contributed by atoms with van der Waals surface area (Å²) in [5.41, 5.74) is 8.71. The predicted molar refractivity (Wildman–Crippen MR) is 172 cm³/mol. The molecule has 0 aliphatic rings. The maximum Gasteiger partial charge on any atom is 0.110 e. The summed E-state index contributed by atoms with van der Waals surface area (Å²) >= 11 is 3.80. The minimum atomic E-state index is 1.21. The van der Waals surface area contributed by atoms with Crippen molar-refractivity contribution >= 4 is 63.3 Å². The summed E-state index contributed by atoms with van der Waals surface area (Å²) in [6.45, 7) is 4.29. The van der Waals surface area contributed by atoms with Crippen molar-refractivity contribution in [2.45, 2.75) is 13.8 Å². The van der Waals surface area contributed by atoms with Gasteiger partial charge in [0.05, 0.1) is 0 Å². The largest absolute Gasteiger partial charge is 0.292 e. The van der Waals surface area contributed by atoms with Crippen LogP contribution in [-0.2, 0) is 0 Å². The number of thiophene rings is 2. The highest BCUT2D eigenvalue weighted by atomic mass is 32.1. The van der Waals surface area contributed by atoms with Gasteiger partial charge in [-0.1, -0.05) is 96.1 Å². The summed E-state index contributed by atoms with van der Waals surface area (Å²) in [5.74, 6) is 0. The molecule has 3 heterocycles. The summed E-state index contributed by atoms with van der Waals surface area (Å²) < 4.78 is 5.19. The second-order valence-electron chi connectivity index (χ2n) is 10.4. The Kier molecular flexibility index (Phi) is 5.06. The normalized spacial score (nSPS) is 11.8. The van der Waals surface area contributed by atoms with Crippen LogP contribution in [0.3, 0.4) is 0 Å². The average Bonchev–Trinajstić information content (AvgIpc) is 3.60. The van der Waals surface area contributed by atoms with E-state index in [9.17, 15) is 0 Å². The Morgan fingerprint density at radius 3 is 1.36 bits per heavy atom. The van der Waals surface area contributed by atoms with Crippen LogP contribution in [0, 0.1) is 13.8 Å². The van der Waals surface area contributed by atoms with Crippen molar-refractivity contribution in [3.05, 3.63) is 126 Å². The van der Waals surface area contributed by atoms with Crippen LogP contribution in [0.1, 0.15) is 11.1 Å². The number of rotatable bonds is 3. The zero-order valence-corrected chi connectivity index (χ0v) is 23.4. The van der Waals surface area contributed by atoms with E-state index < -0.39 is 0 Å². The van der Waals surface area contributed by atoms with Crippen molar-refractivity contribution in [1.29, 1.82) is 0 Å². The number of hydrogen-bond donors (Lipinski definition) is 0. The third-order valence-electron chi connectivity index (χ3n) is 7.76. The van der Waals surface area contributed by atoms with Crippen molar-refractivity contribution in [3.63, 3.8) is 0 Å². The molecule has 0 bridgehead atoms. The van der Waals surface area contributed by atoms with Gasteiger partial charge >= 0.3 is 0 Å². The molecule has 0 saturated carbocycles. The molecule has 0 atom stereocenters. The minimum absolute atomic E-state index is 1.21. The Balaban J connectivity index is 1.50. The number of nitrogens with zero attached hydrogens (tertiary/aromatic N) is 1. The van der Waals surface area contributed by atoms with Crippen molar-refractivity contribution in [2.75, 3.05) is 0 Å². The molecule has 0 fully saturated rings. The molecule has 8 rings (SSSR count). The number of aromatic nitrogens is 1. The van der Waals surface area contributed by atoms with Crippen LogP contribution in [-0.4, -0.2) is 4.57 Å². The minimum Gasteiger partial charge on any atom is -0.292 e. The second-order valence-corrected chi connectivity index (χ2v) is 12.5. The number of fused-ring (bicyclic) bond motifs is 7. The molecule has 0 unspecified atom stereocenters. The zero-order chi connectivity index (χ0) is 26.1. The van der Waals surface area contributed by atoms with Gasteiger partial charge in [0.15, 0.2) is 0 Å². The molecule has 0 spiro atoms. The lowest BCUT2D eigenvalue weighted by molar-refractivity contribution is 1.21. The Morgan fingerprint density at radius 1 is 0.462 bits per heavy atom. The van der Waals surface area contributed by atoms with Gasteiger partial charge in [-0.15, -0.1) is 22.7 Å². The van der Waals surface area contributed by atoms with Gasteiger partial charge in [0.25, 0.3) is 0 Å². The van der Waals surface area contributed by atoms with E-state index in [4.69, 9.17) is 0 Å². The standard InChI is InChI=1S/C36H25NS2/c1-22-11-15-24(16-12-22)26-19-27(25-17-13-23(2)14-18-25)21-28(20-26)37-35-33(29-7-3-5-9-31(29)38-35)34-30-8-4-6-10-32(30)39-36(34)37/h3-21H,1-2H3. The highest BCUT2D eigenvalue weighted by Gasteiger charge is 2.22. The topological polar surface area (TPSA) is 4.93 Å². The highest BCUT2D eigenvalue weighted by Crippen LogP contribution is 2.48. The predicted octanol–water partition coefficient (Wildman–Crippen LogP) is 11.2. The van der Waals surface area contributed by atoms with Gasteiger partial charge in [-0.25, -0.2) is 0 Å². The maximum absolute atomic E-state index is 2.52. The van der Waals surface area contributed by atoms with Crippen LogP contribution >= 0.6 is 22.7 Å². The second kappa shape index (κ2) is 8.67.